The number of unbranched alkanes of at least 4 members (excludes halogenated alkanes) is 1. The van der Waals surface area contributed by atoms with E-state index >= 15 is 0 Å². The average Bonchev–Trinajstić information content (AvgIpc) is 2.25. The molecule has 0 aliphatic carbocycles. The molecule has 2 amide bonds. The van der Waals surface area contributed by atoms with Gasteiger partial charge in [-0.1, -0.05) is 13.3 Å². The highest BCUT2D eigenvalue weighted by molar-refractivity contribution is 5.83. The summed E-state index contributed by atoms with van der Waals surface area (Å²) < 4.78 is 0. The van der Waals surface area contributed by atoms with E-state index in [1.807, 2.05) is 13.8 Å². The van der Waals surface area contributed by atoms with Gasteiger partial charge in [-0.15, -0.1) is 0 Å². The van der Waals surface area contributed by atoms with Crippen molar-refractivity contribution in [1.82, 2.24) is 9.80 Å². The molecule has 0 aliphatic heterocycles. The molecule has 0 saturated carbocycles. The number of hydrogen-bond donors (Lipinski definition) is 0. The van der Waals surface area contributed by atoms with Crippen LogP contribution < -0.4 is 0 Å². The molecule has 4 nitrogen and oxygen atoms in total. The van der Waals surface area contributed by atoms with Crippen LogP contribution in [0.3, 0.4) is 0 Å². The maximum Gasteiger partial charge on any atom is 0.242 e. The lowest BCUT2D eigenvalue weighted by atomic mass is 10.3. The molecular formula is C12H24N2O2. The number of rotatable bonds is 7. The predicted octanol–water partition coefficient (Wildman–Crippen LogP) is 1.50. The van der Waals surface area contributed by atoms with Crippen molar-refractivity contribution < 1.29 is 9.59 Å². The fraction of sp³-hybridized carbons (Fsp3) is 0.833. The van der Waals surface area contributed by atoms with E-state index in [4.69, 9.17) is 0 Å². The number of nitrogens with zero attached hydrogens (tertiary/aromatic N) is 2. The Morgan fingerprint density at radius 1 is 1.00 bits per heavy atom. The summed E-state index contributed by atoms with van der Waals surface area (Å²) in [5, 5.41) is 0. The summed E-state index contributed by atoms with van der Waals surface area (Å²) in [7, 11) is 0. The number of amides is 2. The zero-order valence-corrected chi connectivity index (χ0v) is 11.0. The molecular weight excluding hydrogens is 204 g/mol. The number of carbonyl (C=O) groups is 2. The molecule has 0 atom stereocenters. The lowest BCUT2D eigenvalue weighted by molar-refractivity contribution is -0.139. The molecule has 0 aromatic rings. The van der Waals surface area contributed by atoms with Crippen molar-refractivity contribution >= 4 is 11.8 Å². The van der Waals surface area contributed by atoms with E-state index in [2.05, 4.69) is 6.92 Å². The highest BCUT2D eigenvalue weighted by Crippen LogP contribution is 1.98. The van der Waals surface area contributed by atoms with Crippen molar-refractivity contribution in [3.05, 3.63) is 0 Å². The summed E-state index contributed by atoms with van der Waals surface area (Å²) in [4.78, 5) is 26.5. The van der Waals surface area contributed by atoms with Crippen LogP contribution in [0.25, 0.3) is 0 Å². The molecule has 0 aromatic heterocycles. The van der Waals surface area contributed by atoms with Gasteiger partial charge in [0, 0.05) is 26.6 Å². The maximum atomic E-state index is 11.8. The Kier molecular flexibility index (Phi) is 7.60. The van der Waals surface area contributed by atoms with Crippen molar-refractivity contribution in [3.8, 4) is 0 Å². The van der Waals surface area contributed by atoms with Crippen LogP contribution in [0.1, 0.15) is 40.5 Å². The molecule has 0 heterocycles. The first kappa shape index (κ1) is 14.9. The third-order valence-corrected chi connectivity index (χ3v) is 2.67. The minimum Gasteiger partial charge on any atom is -0.342 e. The van der Waals surface area contributed by atoms with Crippen LogP contribution in [0, 0.1) is 0 Å². The van der Waals surface area contributed by atoms with Gasteiger partial charge in [-0.05, 0) is 20.3 Å². The normalized spacial score (nSPS) is 10.0. The second-order valence-corrected chi connectivity index (χ2v) is 3.86. The highest BCUT2D eigenvalue weighted by Gasteiger charge is 2.16. The zero-order valence-electron chi connectivity index (χ0n) is 11.0. The van der Waals surface area contributed by atoms with Crippen LogP contribution in [0.4, 0.5) is 0 Å². The van der Waals surface area contributed by atoms with Gasteiger partial charge in [-0.3, -0.25) is 9.59 Å². The van der Waals surface area contributed by atoms with Gasteiger partial charge in [0.05, 0.1) is 6.54 Å². The Morgan fingerprint density at radius 2 is 1.56 bits per heavy atom. The summed E-state index contributed by atoms with van der Waals surface area (Å²) in [6.07, 6.45) is 1.98. The zero-order chi connectivity index (χ0) is 12.6. The first-order valence-electron chi connectivity index (χ1n) is 6.10. The maximum absolute atomic E-state index is 11.8. The van der Waals surface area contributed by atoms with Gasteiger partial charge in [0.1, 0.15) is 0 Å². The Bertz CT molecular complexity index is 225. The Labute approximate surface area is 98.6 Å². The first-order valence-corrected chi connectivity index (χ1v) is 6.10. The van der Waals surface area contributed by atoms with E-state index < -0.39 is 0 Å². The quantitative estimate of drug-likeness (QED) is 0.662. The van der Waals surface area contributed by atoms with Gasteiger partial charge < -0.3 is 9.80 Å². The molecule has 0 spiro atoms. The monoisotopic (exact) mass is 228 g/mol. The van der Waals surface area contributed by atoms with Crippen LogP contribution >= 0.6 is 0 Å². The van der Waals surface area contributed by atoms with Crippen molar-refractivity contribution in [2.24, 2.45) is 0 Å². The third-order valence-electron chi connectivity index (χ3n) is 2.67. The molecule has 0 aliphatic rings. The fourth-order valence-corrected chi connectivity index (χ4v) is 1.54. The Balaban J connectivity index is 4.27. The van der Waals surface area contributed by atoms with Gasteiger partial charge in [0.15, 0.2) is 0 Å². The molecule has 4 heteroatoms. The summed E-state index contributed by atoms with van der Waals surface area (Å²) >= 11 is 0. The van der Waals surface area contributed by atoms with E-state index in [0.29, 0.717) is 19.6 Å². The molecule has 0 saturated heterocycles. The predicted molar refractivity (Wildman–Crippen MR) is 65.1 cm³/mol. The fourth-order valence-electron chi connectivity index (χ4n) is 1.54. The number of carbonyl (C=O) groups excluding carboxylic acids is 2. The van der Waals surface area contributed by atoms with Crippen LogP contribution in [-0.2, 0) is 9.59 Å². The lowest BCUT2D eigenvalue weighted by Crippen LogP contribution is -2.42. The minimum absolute atomic E-state index is 0.0195. The van der Waals surface area contributed by atoms with Crippen molar-refractivity contribution in [3.63, 3.8) is 0 Å². The molecule has 0 fully saturated rings. The standard InChI is InChI=1S/C12H24N2O2/c1-5-8-9-14(11(4)15)10-12(16)13(6-2)7-3/h5-10H2,1-4H3. The largest absolute Gasteiger partial charge is 0.342 e. The van der Waals surface area contributed by atoms with Gasteiger partial charge in [0.25, 0.3) is 0 Å². The highest BCUT2D eigenvalue weighted by atomic mass is 16.2. The van der Waals surface area contributed by atoms with Crippen molar-refractivity contribution in [2.75, 3.05) is 26.2 Å². The molecule has 16 heavy (non-hydrogen) atoms. The summed E-state index contributed by atoms with van der Waals surface area (Å²) in [5.74, 6) is 0.0188. The first-order chi connectivity index (χ1) is 7.56. The van der Waals surface area contributed by atoms with E-state index in [1.165, 1.54) is 6.92 Å². The van der Waals surface area contributed by atoms with Gasteiger partial charge in [0.2, 0.25) is 11.8 Å². The molecule has 0 bridgehead atoms. The molecule has 0 N–H and O–H groups in total. The van der Waals surface area contributed by atoms with Gasteiger partial charge in [-0.25, -0.2) is 0 Å². The second-order valence-electron chi connectivity index (χ2n) is 3.86. The molecule has 0 radical (unpaired) electrons. The van der Waals surface area contributed by atoms with Crippen LogP contribution in [0.2, 0.25) is 0 Å². The molecule has 0 rings (SSSR count). The topological polar surface area (TPSA) is 40.6 Å². The van der Waals surface area contributed by atoms with Crippen molar-refractivity contribution in [1.29, 1.82) is 0 Å². The number of hydrogen-bond acceptors (Lipinski definition) is 2. The number of likely N-dealkylation sites (N-methyl/N-ethyl adjacent to an activating group) is 1. The smallest absolute Gasteiger partial charge is 0.242 e. The lowest BCUT2D eigenvalue weighted by Gasteiger charge is -2.25. The summed E-state index contributed by atoms with van der Waals surface area (Å²) in [6, 6.07) is 0. The SMILES string of the molecule is CCCCN(CC(=O)N(CC)CC)C(C)=O. The molecule has 94 valence electrons. The minimum atomic E-state index is -0.0195. The van der Waals surface area contributed by atoms with Crippen LogP contribution in [0.5, 0.6) is 0 Å². The average molecular weight is 228 g/mol. The summed E-state index contributed by atoms with van der Waals surface area (Å²) in [5.41, 5.74) is 0. The summed E-state index contributed by atoms with van der Waals surface area (Å²) in [6.45, 7) is 9.80. The Morgan fingerprint density at radius 3 is 1.94 bits per heavy atom. The van der Waals surface area contributed by atoms with E-state index in [1.54, 1.807) is 9.80 Å². The van der Waals surface area contributed by atoms with Gasteiger partial charge in [-0.2, -0.15) is 0 Å². The molecule has 0 aromatic carbocycles. The second kappa shape index (κ2) is 8.13. The van der Waals surface area contributed by atoms with Crippen LogP contribution in [-0.4, -0.2) is 47.8 Å². The molecule has 0 unspecified atom stereocenters. The third kappa shape index (κ3) is 5.14. The van der Waals surface area contributed by atoms with E-state index in [-0.39, 0.29) is 18.4 Å². The van der Waals surface area contributed by atoms with E-state index in [9.17, 15) is 9.59 Å². The Hall–Kier alpha value is -1.06. The van der Waals surface area contributed by atoms with Crippen molar-refractivity contribution in [2.45, 2.75) is 40.5 Å². The van der Waals surface area contributed by atoms with Crippen LogP contribution in [0.15, 0.2) is 0 Å². The van der Waals surface area contributed by atoms with Gasteiger partial charge >= 0.3 is 0 Å². The van der Waals surface area contributed by atoms with E-state index in [0.717, 1.165) is 12.8 Å².